The lowest BCUT2D eigenvalue weighted by molar-refractivity contribution is 0.658. The van der Waals surface area contributed by atoms with E-state index in [2.05, 4.69) is 25.8 Å². The topological polar surface area (TPSA) is 43.8 Å². The molecule has 0 fully saturated rings. The number of halogens is 2. The summed E-state index contributed by atoms with van der Waals surface area (Å²) in [5, 5.41) is 1.16. The third-order valence-electron chi connectivity index (χ3n) is 3.00. The Morgan fingerprint density at radius 2 is 1.79 bits per heavy atom. The largest absolute Gasteiger partial charge is 0.383 e. The van der Waals surface area contributed by atoms with Crippen LogP contribution in [0.2, 0.25) is 10.0 Å². The smallest absolute Gasteiger partial charge is 0.131 e. The first-order valence-electron chi connectivity index (χ1n) is 6.26. The van der Waals surface area contributed by atoms with E-state index in [-0.39, 0.29) is 0 Å². The molecular formula is C14H17Cl2N3. The van der Waals surface area contributed by atoms with Crippen molar-refractivity contribution in [2.75, 3.05) is 5.73 Å². The fourth-order valence-electron chi connectivity index (χ4n) is 2.16. The standard InChI is InChI=1S/C14H17Cl2N3/c1-4-19-13(17)12(18-14(19)8(2)3)9-5-10(15)7-11(16)6-9/h5-8H,4,17H2,1-3H3. The molecule has 0 radical (unpaired) electrons. The minimum absolute atomic E-state index is 0.311. The van der Waals surface area contributed by atoms with Gasteiger partial charge in [-0.15, -0.1) is 0 Å². The normalized spacial score (nSPS) is 11.3. The van der Waals surface area contributed by atoms with Crippen molar-refractivity contribution in [1.29, 1.82) is 0 Å². The van der Waals surface area contributed by atoms with Crippen LogP contribution >= 0.6 is 23.2 Å². The van der Waals surface area contributed by atoms with Gasteiger partial charge >= 0.3 is 0 Å². The SMILES string of the molecule is CCn1c(C(C)C)nc(-c2cc(Cl)cc(Cl)c2)c1N. The minimum atomic E-state index is 0.311. The van der Waals surface area contributed by atoms with Gasteiger partial charge in [0, 0.05) is 28.1 Å². The highest BCUT2D eigenvalue weighted by Gasteiger charge is 2.17. The Morgan fingerprint density at radius 1 is 1.21 bits per heavy atom. The molecule has 2 aromatic rings. The third kappa shape index (κ3) is 2.72. The molecule has 19 heavy (non-hydrogen) atoms. The number of aromatic nitrogens is 2. The summed E-state index contributed by atoms with van der Waals surface area (Å²) in [5.41, 5.74) is 7.80. The first-order valence-corrected chi connectivity index (χ1v) is 7.02. The van der Waals surface area contributed by atoms with E-state index in [1.54, 1.807) is 6.07 Å². The van der Waals surface area contributed by atoms with Crippen molar-refractivity contribution < 1.29 is 0 Å². The first kappa shape index (κ1) is 14.2. The monoisotopic (exact) mass is 297 g/mol. The Labute approximate surface area is 123 Å². The zero-order valence-electron chi connectivity index (χ0n) is 11.2. The van der Waals surface area contributed by atoms with E-state index in [0.717, 1.165) is 23.6 Å². The molecule has 0 amide bonds. The zero-order valence-corrected chi connectivity index (χ0v) is 12.8. The van der Waals surface area contributed by atoms with E-state index in [1.807, 2.05) is 16.7 Å². The van der Waals surface area contributed by atoms with Crippen LogP contribution in [-0.4, -0.2) is 9.55 Å². The van der Waals surface area contributed by atoms with Crippen molar-refractivity contribution in [3.63, 3.8) is 0 Å². The lowest BCUT2D eigenvalue weighted by Gasteiger charge is -2.08. The Kier molecular flexibility index (Phi) is 4.07. The molecule has 0 aliphatic heterocycles. The number of hydrogen-bond acceptors (Lipinski definition) is 2. The van der Waals surface area contributed by atoms with Crippen molar-refractivity contribution >= 4 is 29.0 Å². The first-order chi connectivity index (χ1) is 8.93. The number of nitrogens with two attached hydrogens (primary N) is 1. The van der Waals surface area contributed by atoms with Gasteiger partial charge in [0.25, 0.3) is 0 Å². The van der Waals surface area contributed by atoms with Crippen molar-refractivity contribution in [3.8, 4) is 11.3 Å². The predicted molar refractivity (Wildman–Crippen MR) is 81.9 cm³/mol. The fourth-order valence-corrected chi connectivity index (χ4v) is 2.69. The summed E-state index contributed by atoms with van der Waals surface area (Å²) in [7, 11) is 0. The van der Waals surface area contributed by atoms with E-state index >= 15 is 0 Å². The van der Waals surface area contributed by atoms with Crippen LogP contribution in [0.15, 0.2) is 18.2 Å². The maximum Gasteiger partial charge on any atom is 0.131 e. The molecule has 2 N–H and O–H groups in total. The molecule has 0 aliphatic rings. The van der Waals surface area contributed by atoms with Gasteiger partial charge in [0.15, 0.2) is 0 Å². The van der Waals surface area contributed by atoms with Crippen LogP contribution in [0.3, 0.4) is 0 Å². The van der Waals surface area contributed by atoms with Crippen LogP contribution in [-0.2, 0) is 6.54 Å². The highest BCUT2D eigenvalue weighted by atomic mass is 35.5. The van der Waals surface area contributed by atoms with Crippen LogP contribution in [0.25, 0.3) is 11.3 Å². The fraction of sp³-hybridized carbons (Fsp3) is 0.357. The summed E-state index contributed by atoms with van der Waals surface area (Å²) < 4.78 is 2.02. The Morgan fingerprint density at radius 3 is 2.21 bits per heavy atom. The summed E-state index contributed by atoms with van der Waals surface area (Å²) in [5.74, 6) is 1.95. The van der Waals surface area contributed by atoms with Gasteiger partial charge in [-0.1, -0.05) is 37.0 Å². The van der Waals surface area contributed by atoms with E-state index in [9.17, 15) is 0 Å². The summed E-state index contributed by atoms with van der Waals surface area (Å²) >= 11 is 12.1. The van der Waals surface area contributed by atoms with E-state index in [0.29, 0.717) is 21.8 Å². The molecule has 2 rings (SSSR count). The van der Waals surface area contributed by atoms with Gasteiger partial charge in [-0.2, -0.15) is 0 Å². The molecule has 0 spiro atoms. The molecule has 5 heteroatoms. The van der Waals surface area contributed by atoms with Crippen LogP contribution in [0, 0.1) is 0 Å². The summed E-state index contributed by atoms with van der Waals surface area (Å²) in [6, 6.07) is 5.36. The third-order valence-corrected chi connectivity index (χ3v) is 3.44. The molecule has 102 valence electrons. The maximum atomic E-state index is 6.20. The molecule has 0 atom stereocenters. The molecule has 0 unspecified atom stereocenters. The molecule has 1 aromatic carbocycles. The van der Waals surface area contributed by atoms with Crippen molar-refractivity contribution in [1.82, 2.24) is 9.55 Å². The molecule has 0 aliphatic carbocycles. The second kappa shape index (κ2) is 5.43. The van der Waals surface area contributed by atoms with Crippen LogP contribution in [0.5, 0.6) is 0 Å². The maximum absolute atomic E-state index is 6.20. The van der Waals surface area contributed by atoms with Crippen molar-refractivity contribution in [2.45, 2.75) is 33.2 Å². The van der Waals surface area contributed by atoms with E-state index < -0.39 is 0 Å². The highest BCUT2D eigenvalue weighted by Crippen LogP contribution is 2.32. The van der Waals surface area contributed by atoms with Crippen molar-refractivity contribution in [2.24, 2.45) is 0 Å². The van der Waals surface area contributed by atoms with Gasteiger partial charge in [0.05, 0.1) is 0 Å². The number of hydrogen-bond donors (Lipinski definition) is 1. The van der Waals surface area contributed by atoms with Crippen LogP contribution in [0.4, 0.5) is 5.82 Å². The Balaban J connectivity index is 2.62. The molecule has 0 bridgehead atoms. The number of imidazole rings is 1. The Bertz CT molecular complexity index is 583. The molecule has 1 heterocycles. The minimum Gasteiger partial charge on any atom is -0.383 e. The molecule has 1 aromatic heterocycles. The predicted octanol–water partition coefficient (Wildman–Crippen LogP) is 4.58. The summed E-state index contributed by atoms with van der Waals surface area (Å²) in [4.78, 5) is 4.65. The highest BCUT2D eigenvalue weighted by molar-refractivity contribution is 6.35. The lowest BCUT2D eigenvalue weighted by atomic mass is 10.1. The summed E-state index contributed by atoms with van der Waals surface area (Å²) in [6.45, 7) is 7.05. The number of rotatable bonds is 3. The quantitative estimate of drug-likeness (QED) is 0.901. The zero-order chi connectivity index (χ0) is 14.2. The van der Waals surface area contributed by atoms with Gasteiger partial charge in [0.1, 0.15) is 17.3 Å². The van der Waals surface area contributed by atoms with Gasteiger partial charge in [-0.05, 0) is 25.1 Å². The van der Waals surface area contributed by atoms with Crippen LogP contribution < -0.4 is 5.73 Å². The second-order valence-corrected chi connectivity index (χ2v) is 5.63. The number of nitrogens with zero attached hydrogens (tertiary/aromatic N) is 2. The van der Waals surface area contributed by atoms with Gasteiger partial charge in [-0.3, -0.25) is 0 Å². The van der Waals surface area contributed by atoms with E-state index in [1.165, 1.54) is 0 Å². The molecule has 0 saturated heterocycles. The van der Waals surface area contributed by atoms with Crippen molar-refractivity contribution in [3.05, 3.63) is 34.1 Å². The number of nitrogen functional groups attached to an aromatic ring is 1. The Hall–Kier alpha value is -1.19. The summed E-state index contributed by atoms with van der Waals surface area (Å²) in [6.07, 6.45) is 0. The van der Waals surface area contributed by atoms with Gasteiger partial charge in [0.2, 0.25) is 0 Å². The lowest BCUT2D eigenvalue weighted by Crippen LogP contribution is -2.06. The van der Waals surface area contributed by atoms with Gasteiger partial charge in [-0.25, -0.2) is 4.98 Å². The average Bonchev–Trinajstić information content (AvgIpc) is 2.65. The molecular weight excluding hydrogens is 281 g/mol. The van der Waals surface area contributed by atoms with Gasteiger partial charge < -0.3 is 10.3 Å². The second-order valence-electron chi connectivity index (χ2n) is 4.76. The van der Waals surface area contributed by atoms with Crippen LogP contribution in [0.1, 0.15) is 32.5 Å². The number of benzene rings is 1. The average molecular weight is 298 g/mol. The van der Waals surface area contributed by atoms with E-state index in [4.69, 9.17) is 28.9 Å². The molecule has 3 nitrogen and oxygen atoms in total. The number of anilines is 1. The molecule has 0 saturated carbocycles.